The van der Waals surface area contributed by atoms with Crippen LogP contribution in [0, 0.1) is 17.8 Å². The number of likely N-dealkylation sites (tertiary alicyclic amines) is 1. The van der Waals surface area contributed by atoms with Gasteiger partial charge in [0.2, 0.25) is 47.3 Å². The summed E-state index contributed by atoms with van der Waals surface area (Å²) in [7, 11) is 0. The lowest BCUT2D eigenvalue weighted by Gasteiger charge is -2.32. The zero-order valence-electron chi connectivity index (χ0n) is 40.6. The van der Waals surface area contributed by atoms with Crippen molar-refractivity contribution in [1.82, 2.24) is 42.1 Å². The van der Waals surface area contributed by atoms with E-state index in [-0.39, 0.29) is 69.1 Å². The number of primary amides is 1. The molecule has 1 fully saturated rings. The number of hydrogen-bond acceptors (Lipinski definition) is 17. The molecule has 1 rings (SSSR count). The molecule has 1 heterocycles. The molecule has 13 N–H and O–H groups in total. The highest BCUT2D eigenvalue weighted by molar-refractivity contribution is 7.98. The molecule has 0 aliphatic carbocycles. The molecular formula is C43H70N10O16S-2. The lowest BCUT2D eigenvalue weighted by molar-refractivity contribution is -0.405. The molecule has 0 bridgehead atoms. The Morgan fingerprint density at radius 2 is 1.10 bits per heavy atom. The van der Waals surface area contributed by atoms with Crippen molar-refractivity contribution in [2.45, 2.75) is 154 Å². The van der Waals surface area contributed by atoms with Crippen molar-refractivity contribution >= 4 is 82.8 Å². The molecule has 0 saturated carbocycles. The molecule has 0 aromatic carbocycles. The maximum atomic E-state index is 14.2. The summed E-state index contributed by atoms with van der Waals surface area (Å²) in [5.41, 5.74) is 8.82. The van der Waals surface area contributed by atoms with Crippen LogP contribution in [0.15, 0.2) is 0 Å². The van der Waals surface area contributed by atoms with Crippen LogP contribution in [0.2, 0.25) is 0 Å². The van der Waals surface area contributed by atoms with Crippen LogP contribution in [0.5, 0.6) is 0 Å². The summed E-state index contributed by atoms with van der Waals surface area (Å²) in [4.78, 5) is 155. The van der Waals surface area contributed by atoms with Gasteiger partial charge in [-0.3, -0.25) is 43.2 Å². The highest BCUT2D eigenvalue weighted by Crippen LogP contribution is 2.21. The number of nitrogens with two attached hydrogens (primary N) is 1. The first-order chi connectivity index (χ1) is 32.6. The van der Waals surface area contributed by atoms with E-state index in [0.717, 1.165) is 4.90 Å². The predicted molar refractivity (Wildman–Crippen MR) is 241 cm³/mol. The summed E-state index contributed by atoms with van der Waals surface area (Å²) in [6, 6.07) is -13.4. The van der Waals surface area contributed by atoms with Gasteiger partial charge in [0.1, 0.15) is 42.3 Å². The Bertz CT molecular complexity index is 1890. The number of aliphatic hydroxyl groups excluding tert-OH is 1. The number of thioether (sulfide) groups is 1. The lowest BCUT2D eigenvalue weighted by atomic mass is 10.0. The van der Waals surface area contributed by atoms with Crippen molar-refractivity contribution in [3.05, 3.63) is 0 Å². The summed E-state index contributed by atoms with van der Waals surface area (Å²) in [6.45, 7) is 8.81. The van der Waals surface area contributed by atoms with Gasteiger partial charge in [-0.15, -0.1) is 0 Å². The van der Waals surface area contributed by atoms with Crippen LogP contribution in [0.1, 0.15) is 99.3 Å². The van der Waals surface area contributed by atoms with Gasteiger partial charge < -0.3 is 88.4 Å². The number of hydrogen-bond donors (Lipinski definition) is 10. The van der Waals surface area contributed by atoms with Crippen LogP contribution in [-0.4, -0.2) is 161 Å². The summed E-state index contributed by atoms with van der Waals surface area (Å²) in [6.07, 6.45) is -0.370. The summed E-state index contributed by atoms with van der Waals surface area (Å²) >= 11 is 1.28. The van der Waals surface area contributed by atoms with Gasteiger partial charge in [0.25, 0.3) is 5.91 Å². The molecule has 1 aliphatic rings. The average Bonchev–Trinajstić information content (AvgIpc) is 3.76. The molecule has 27 heteroatoms. The molecule has 0 radical (unpaired) electrons. The Morgan fingerprint density at radius 3 is 1.57 bits per heavy atom. The van der Waals surface area contributed by atoms with E-state index in [1.807, 2.05) is 0 Å². The molecule has 1 saturated heterocycles. The fourth-order valence-corrected chi connectivity index (χ4v) is 7.65. The minimum absolute atomic E-state index is 0.0142. The van der Waals surface area contributed by atoms with E-state index < -0.39 is 151 Å². The Hall–Kier alpha value is -6.09. The molecule has 396 valence electrons. The van der Waals surface area contributed by atoms with Gasteiger partial charge in [-0.2, -0.15) is 11.8 Å². The molecule has 70 heavy (non-hydrogen) atoms. The molecule has 9 atom stereocenters. The second-order valence-corrected chi connectivity index (χ2v) is 19.2. The van der Waals surface area contributed by atoms with E-state index in [2.05, 4.69) is 43.0 Å². The third-order valence-corrected chi connectivity index (χ3v) is 11.5. The first kappa shape index (κ1) is 61.9. The van der Waals surface area contributed by atoms with Crippen molar-refractivity contribution in [3.63, 3.8) is 0 Å². The van der Waals surface area contributed by atoms with Gasteiger partial charge in [-0.05, 0) is 61.9 Å². The van der Waals surface area contributed by atoms with Gasteiger partial charge in [-0.1, -0.05) is 41.5 Å². The number of quaternary nitrogens is 1. The fourth-order valence-electron chi connectivity index (χ4n) is 7.18. The number of carbonyl (C=O) groups is 12. The number of carboxylic acids is 3. The molecule has 0 spiro atoms. The normalized spacial score (nSPS) is 16.9. The van der Waals surface area contributed by atoms with E-state index in [1.54, 1.807) is 34.0 Å². The molecule has 1 aliphatic heterocycles. The van der Waals surface area contributed by atoms with Gasteiger partial charge in [-0.25, -0.2) is 0 Å². The summed E-state index contributed by atoms with van der Waals surface area (Å²) in [5.74, 6) is -14.6. The van der Waals surface area contributed by atoms with Gasteiger partial charge >= 0.3 is 0 Å². The number of aliphatic hydroxyl groups is 1. The molecule has 26 nitrogen and oxygen atoms in total. The van der Waals surface area contributed by atoms with Gasteiger partial charge in [0.05, 0.1) is 18.6 Å². The average molecular weight is 1020 g/mol. The van der Waals surface area contributed by atoms with Crippen molar-refractivity contribution < 1.29 is 83.7 Å². The van der Waals surface area contributed by atoms with Crippen LogP contribution in [0.4, 0.5) is 0 Å². The Kier molecular flexibility index (Phi) is 27.0. The maximum absolute atomic E-state index is 14.2. The van der Waals surface area contributed by atoms with E-state index in [9.17, 15) is 78.0 Å². The first-order valence-electron chi connectivity index (χ1n) is 22.9. The second-order valence-electron chi connectivity index (χ2n) is 18.2. The summed E-state index contributed by atoms with van der Waals surface area (Å²) in [5, 5.41) is 61.4. The highest BCUT2D eigenvalue weighted by Gasteiger charge is 2.41. The third-order valence-electron chi connectivity index (χ3n) is 10.9. The minimum atomic E-state index is -1.95. The van der Waals surface area contributed by atoms with Crippen LogP contribution in [0.3, 0.4) is 0 Å². The predicted octanol–water partition coefficient (Wildman–Crippen LogP) is -8.23. The number of rotatable bonds is 32. The summed E-state index contributed by atoms with van der Waals surface area (Å²) < 4.78 is 0. The maximum Gasteiger partial charge on any atom is 0.278 e. The molecule has 0 aromatic heterocycles. The Balaban J connectivity index is 3.29. The Labute approximate surface area is 410 Å². The molecule has 0 unspecified atom stereocenters. The van der Waals surface area contributed by atoms with Crippen molar-refractivity contribution in [1.29, 1.82) is 0 Å². The highest BCUT2D eigenvalue weighted by atomic mass is 32.2. The Morgan fingerprint density at radius 1 is 0.643 bits per heavy atom. The van der Waals surface area contributed by atoms with Crippen molar-refractivity contribution in [2.75, 3.05) is 25.2 Å². The molecule has 0 aromatic rings. The zero-order chi connectivity index (χ0) is 53.6. The number of nitrogens with zero attached hydrogens (tertiary/aromatic N) is 1. The topological polar surface area (TPSA) is 435 Å². The van der Waals surface area contributed by atoms with Crippen molar-refractivity contribution in [3.8, 4) is 0 Å². The zero-order valence-corrected chi connectivity index (χ0v) is 41.4. The largest absolute Gasteiger partial charge is 0.550 e. The standard InChI is InChI=1S/C43H72N10O16S/c1-20(2)15-25(47-35(60)23(44)10-11-31(45)55)37(62)51-29(19-54)40(65)49-27(18-33(58)59)39(64)52-34(22(5)6)42(67)53-13-8-9-30(53)41(66)46-24(12-14-70-7)36(61)48-26(17-32(56)57)38(63)50-28(43(68)69)16-21(3)4/h20-30,34,54H,8-19,44H2,1-7H3,(H2,45,55)(H,46,66)(H,47,60)(H,48,61)(H,49,65)(H,50,63)(H,51,62)(H,52,64)(H,56,57)(H,58,59)(H,68,69)/p-2/t23-,24-,25-,26-,27-,28-,29-,30-,34-/m0/s1. The number of carbonyl (C=O) groups excluding carboxylic acids is 12. The minimum Gasteiger partial charge on any atom is -0.550 e. The van der Waals surface area contributed by atoms with Crippen LogP contribution in [-0.2, 0) is 57.5 Å². The van der Waals surface area contributed by atoms with E-state index >= 15 is 0 Å². The third kappa shape index (κ3) is 21.7. The number of carboxylic acid groups (broad SMARTS) is 3. The SMILES string of the molecule is CSCC[C@H](NC(=O)[C@@H]1CCCN1C(=O)[C@@H](NC(=O)[C@H](CC(=O)[O-])NC(=O)[C@H](CO)NC(=O)[C@H](CC(C)C)NC(=O)[C@@H]([NH3+])CCC(N)=O)C(C)C)C(=O)N[C@@H](CC(=O)[O-])C(=O)N[C@@H](CC(C)C)C(=O)[O-]. The quantitative estimate of drug-likeness (QED) is 0.0299. The fraction of sp³-hybridized carbons (Fsp3) is 0.721. The van der Waals surface area contributed by atoms with Crippen molar-refractivity contribution in [2.24, 2.45) is 23.5 Å². The number of nitrogens with one attached hydrogen (secondary N) is 7. The lowest BCUT2D eigenvalue weighted by Crippen LogP contribution is -2.69. The molecule has 9 amide bonds. The van der Waals surface area contributed by atoms with E-state index in [1.165, 1.54) is 25.6 Å². The second kappa shape index (κ2) is 30.5. The van der Waals surface area contributed by atoms with Crippen LogP contribution < -0.4 is 64.0 Å². The number of amides is 9. The van der Waals surface area contributed by atoms with Crippen LogP contribution in [0.25, 0.3) is 0 Å². The van der Waals surface area contributed by atoms with Gasteiger partial charge in [0, 0.05) is 44.2 Å². The molecular weight excluding hydrogens is 945 g/mol. The first-order valence-corrected chi connectivity index (χ1v) is 24.3. The van der Waals surface area contributed by atoms with Crippen LogP contribution >= 0.6 is 11.8 Å². The van der Waals surface area contributed by atoms with Gasteiger partial charge in [0.15, 0.2) is 6.04 Å². The van der Waals surface area contributed by atoms with E-state index in [0.29, 0.717) is 0 Å². The monoisotopic (exact) mass is 1010 g/mol. The smallest absolute Gasteiger partial charge is 0.278 e. The van der Waals surface area contributed by atoms with E-state index in [4.69, 9.17) is 5.73 Å². The number of aliphatic carboxylic acids is 3.